The third-order valence-corrected chi connectivity index (χ3v) is 5.18. The first-order valence-corrected chi connectivity index (χ1v) is 11.2. The standard InChI is InChI=1S/C20H15ClN4O2.C5H13NO/c1-27-18-7-4-14(10-16(18)21)17-11-23-20-19(22-8-9-25(17)20)24-15-5-2-13(12-26)3-6-15;1-3-7-5-4-6-2/h2-12H,1H3,(H,22,24);6H,3-5H2,1-2H3. The van der Waals surface area contributed by atoms with Crippen molar-refractivity contribution in [3.05, 3.63) is 71.6 Å². The maximum atomic E-state index is 10.8. The molecule has 34 heavy (non-hydrogen) atoms. The van der Waals surface area contributed by atoms with Gasteiger partial charge in [-0.2, -0.15) is 0 Å². The van der Waals surface area contributed by atoms with Crippen LogP contribution in [0, 0.1) is 0 Å². The Labute approximate surface area is 203 Å². The highest BCUT2D eigenvalue weighted by atomic mass is 35.5. The van der Waals surface area contributed by atoms with E-state index in [1.807, 2.05) is 54.9 Å². The summed E-state index contributed by atoms with van der Waals surface area (Å²) in [5.41, 5.74) is 3.92. The number of carbonyl (C=O) groups excluding carboxylic acids is 1. The molecule has 178 valence electrons. The van der Waals surface area contributed by atoms with Crippen LogP contribution < -0.4 is 15.4 Å². The number of rotatable bonds is 9. The maximum absolute atomic E-state index is 10.8. The van der Waals surface area contributed by atoms with E-state index in [4.69, 9.17) is 21.1 Å². The second-order valence-corrected chi connectivity index (χ2v) is 7.53. The molecule has 0 amide bonds. The van der Waals surface area contributed by atoms with Gasteiger partial charge in [-0.15, -0.1) is 0 Å². The Morgan fingerprint density at radius 1 is 1.15 bits per heavy atom. The minimum Gasteiger partial charge on any atom is -0.495 e. The van der Waals surface area contributed by atoms with E-state index in [2.05, 4.69) is 20.6 Å². The number of nitrogens with one attached hydrogen (secondary N) is 2. The Hall–Kier alpha value is -3.46. The third-order valence-electron chi connectivity index (χ3n) is 4.89. The number of hydrogen-bond acceptors (Lipinski definition) is 7. The molecular formula is C25H28ClN5O3. The predicted molar refractivity (Wildman–Crippen MR) is 136 cm³/mol. The summed E-state index contributed by atoms with van der Waals surface area (Å²) in [5.74, 6) is 1.24. The van der Waals surface area contributed by atoms with E-state index in [1.54, 1.807) is 31.6 Å². The van der Waals surface area contributed by atoms with Gasteiger partial charge in [-0.3, -0.25) is 9.20 Å². The van der Waals surface area contributed by atoms with Gasteiger partial charge >= 0.3 is 0 Å². The van der Waals surface area contributed by atoms with Gasteiger partial charge in [0, 0.05) is 42.4 Å². The van der Waals surface area contributed by atoms with Crippen LogP contribution in [0.25, 0.3) is 16.9 Å². The lowest BCUT2D eigenvalue weighted by atomic mass is 10.1. The summed E-state index contributed by atoms with van der Waals surface area (Å²) < 4.78 is 12.2. The van der Waals surface area contributed by atoms with Crippen molar-refractivity contribution in [2.24, 2.45) is 0 Å². The molecule has 0 unspecified atom stereocenters. The molecule has 9 heteroatoms. The maximum Gasteiger partial charge on any atom is 0.180 e. The van der Waals surface area contributed by atoms with Crippen molar-refractivity contribution in [3.63, 3.8) is 0 Å². The summed E-state index contributed by atoms with van der Waals surface area (Å²) in [6, 6.07) is 12.7. The zero-order valence-electron chi connectivity index (χ0n) is 19.4. The van der Waals surface area contributed by atoms with Crippen LogP contribution in [0.15, 0.2) is 61.1 Å². The van der Waals surface area contributed by atoms with Crippen molar-refractivity contribution < 1.29 is 14.3 Å². The van der Waals surface area contributed by atoms with Crippen LogP contribution in [0.3, 0.4) is 0 Å². The highest BCUT2D eigenvalue weighted by Gasteiger charge is 2.12. The molecule has 2 aromatic heterocycles. The minimum atomic E-state index is 0.535. The number of fused-ring (bicyclic) bond motifs is 1. The topological polar surface area (TPSA) is 89.8 Å². The summed E-state index contributed by atoms with van der Waals surface area (Å²) in [7, 11) is 3.50. The molecule has 0 spiro atoms. The van der Waals surface area contributed by atoms with E-state index >= 15 is 0 Å². The molecule has 4 aromatic rings. The van der Waals surface area contributed by atoms with Gasteiger partial charge in [0.25, 0.3) is 0 Å². The first-order valence-electron chi connectivity index (χ1n) is 10.8. The lowest BCUT2D eigenvalue weighted by Gasteiger charge is -2.09. The molecule has 0 saturated heterocycles. The van der Waals surface area contributed by atoms with Crippen LogP contribution in [-0.4, -0.2) is 54.6 Å². The number of nitrogens with zero attached hydrogens (tertiary/aromatic N) is 3. The largest absolute Gasteiger partial charge is 0.495 e. The number of ether oxygens (including phenoxy) is 2. The SMILES string of the molecule is CCOCCNC.COc1ccc(-c2cnc3c(Nc4ccc(C=O)cc4)nccn23)cc1Cl. The number of hydrogen-bond donors (Lipinski definition) is 2. The Bertz CT molecular complexity index is 1210. The number of methoxy groups -OCH3 is 1. The van der Waals surface area contributed by atoms with Gasteiger partial charge in [-0.05, 0) is 56.4 Å². The lowest BCUT2D eigenvalue weighted by molar-refractivity contribution is 0.112. The number of anilines is 2. The highest BCUT2D eigenvalue weighted by Crippen LogP contribution is 2.31. The molecule has 8 nitrogen and oxygen atoms in total. The number of halogens is 1. The zero-order chi connectivity index (χ0) is 24.3. The molecular weight excluding hydrogens is 454 g/mol. The van der Waals surface area contributed by atoms with Gasteiger partial charge in [-0.25, -0.2) is 9.97 Å². The first-order chi connectivity index (χ1) is 16.6. The molecule has 0 fully saturated rings. The second-order valence-electron chi connectivity index (χ2n) is 7.13. The van der Waals surface area contributed by atoms with Crippen LogP contribution in [0.4, 0.5) is 11.5 Å². The van der Waals surface area contributed by atoms with Crippen molar-refractivity contribution in [2.45, 2.75) is 6.92 Å². The minimum absolute atomic E-state index is 0.535. The van der Waals surface area contributed by atoms with Gasteiger partial charge in [0.05, 0.1) is 30.6 Å². The molecule has 2 N–H and O–H groups in total. The predicted octanol–water partition coefficient (Wildman–Crippen LogP) is 4.86. The smallest absolute Gasteiger partial charge is 0.180 e. The summed E-state index contributed by atoms with van der Waals surface area (Å²) in [6.07, 6.45) is 6.13. The molecule has 4 rings (SSSR count). The monoisotopic (exact) mass is 481 g/mol. The number of aldehydes is 1. The Morgan fingerprint density at radius 3 is 2.59 bits per heavy atom. The molecule has 0 aliphatic carbocycles. The zero-order valence-corrected chi connectivity index (χ0v) is 20.2. The van der Waals surface area contributed by atoms with Crippen LogP contribution in [0.2, 0.25) is 5.02 Å². The Morgan fingerprint density at radius 2 is 1.94 bits per heavy atom. The van der Waals surface area contributed by atoms with Gasteiger partial charge in [0.15, 0.2) is 11.5 Å². The van der Waals surface area contributed by atoms with Gasteiger partial charge in [0.2, 0.25) is 0 Å². The van der Waals surface area contributed by atoms with Crippen LogP contribution in [0.1, 0.15) is 17.3 Å². The van der Waals surface area contributed by atoms with E-state index < -0.39 is 0 Å². The van der Waals surface area contributed by atoms with E-state index in [0.717, 1.165) is 43.0 Å². The molecule has 0 radical (unpaired) electrons. The molecule has 0 saturated carbocycles. The van der Waals surface area contributed by atoms with Gasteiger partial charge < -0.3 is 20.1 Å². The van der Waals surface area contributed by atoms with Crippen LogP contribution in [0.5, 0.6) is 5.75 Å². The Balaban J connectivity index is 0.000000406. The summed E-state index contributed by atoms with van der Waals surface area (Å²) in [6.45, 7) is 4.60. The van der Waals surface area contributed by atoms with E-state index in [0.29, 0.717) is 27.8 Å². The number of benzene rings is 2. The highest BCUT2D eigenvalue weighted by molar-refractivity contribution is 6.32. The average molecular weight is 482 g/mol. The van der Waals surface area contributed by atoms with Crippen molar-refractivity contribution in [1.82, 2.24) is 19.7 Å². The molecule has 0 aliphatic heterocycles. The van der Waals surface area contributed by atoms with Crippen LogP contribution >= 0.6 is 11.6 Å². The Kier molecular flexibility index (Phi) is 9.40. The number of likely N-dealkylation sites (N-methyl/N-ethyl adjacent to an activating group) is 1. The first kappa shape index (κ1) is 25.2. The van der Waals surface area contributed by atoms with Crippen molar-refractivity contribution in [3.8, 4) is 17.0 Å². The molecule has 0 bridgehead atoms. The van der Waals surface area contributed by atoms with Crippen LogP contribution in [-0.2, 0) is 4.74 Å². The fraction of sp³-hybridized carbons (Fsp3) is 0.240. The lowest BCUT2D eigenvalue weighted by Crippen LogP contribution is -2.13. The van der Waals surface area contributed by atoms with Crippen molar-refractivity contribution >= 4 is 35.0 Å². The van der Waals surface area contributed by atoms with Crippen molar-refractivity contribution in [1.29, 1.82) is 0 Å². The molecule has 2 heterocycles. The average Bonchev–Trinajstić information content (AvgIpc) is 3.30. The number of aromatic nitrogens is 3. The quantitative estimate of drug-likeness (QED) is 0.260. The summed E-state index contributed by atoms with van der Waals surface area (Å²) in [4.78, 5) is 19.7. The summed E-state index contributed by atoms with van der Waals surface area (Å²) in [5, 5.41) is 6.75. The van der Waals surface area contributed by atoms with E-state index in [1.165, 1.54) is 0 Å². The fourth-order valence-electron chi connectivity index (χ4n) is 3.15. The number of imidazole rings is 1. The second kappa shape index (κ2) is 12.7. The molecule has 0 atom stereocenters. The summed E-state index contributed by atoms with van der Waals surface area (Å²) >= 11 is 6.26. The molecule has 2 aromatic carbocycles. The third kappa shape index (κ3) is 6.32. The molecule has 0 aliphatic rings. The van der Waals surface area contributed by atoms with E-state index in [-0.39, 0.29) is 0 Å². The van der Waals surface area contributed by atoms with Gasteiger partial charge in [0.1, 0.15) is 12.0 Å². The van der Waals surface area contributed by atoms with E-state index in [9.17, 15) is 4.79 Å². The fourth-order valence-corrected chi connectivity index (χ4v) is 3.40. The van der Waals surface area contributed by atoms with Gasteiger partial charge in [-0.1, -0.05) is 11.6 Å². The number of carbonyl (C=O) groups is 1. The normalized spacial score (nSPS) is 10.5. The van der Waals surface area contributed by atoms with Crippen molar-refractivity contribution in [2.75, 3.05) is 39.2 Å².